The molecular formula is C58H40N2OSi. The van der Waals surface area contributed by atoms with Gasteiger partial charge in [0.1, 0.15) is 5.58 Å². The van der Waals surface area contributed by atoms with Crippen molar-refractivity contribution in [3.05, 3.63) is 243 Å². The fourth-order valence-electron chi connectivity index (χ4n) is 10.0. The van der Waals surface area contributed by atoms with Crippen LogP contribution in [0.5, 0.6) is 0 Å². The van der Waals surface area contributed by atoms with E-state index in [0.29, 0.717) is 0 Å². The molecule has 62 heavy (non-hydrogen) atoms. The summed E-state index contributed by atoms with van der Waals surface area (Å²) in [5, 5.41) is 10.0. The van der Waals surface area contributed by atoms with E-state index in [4.69, 9.17) is 4.42 Å². The molecule has 10 aromatic carbocycles. The number of nitrogens with zero attached hydrogens (tertiary/aromatic N) is 2. The molecule has 0 spiro atoms. The summed E-state index contributed by atoms with van der Waals surface area (Å²) in [5.74, 6) is 0. The normalized spacial score (nSPS) is 12.9. The summed E-state index contributed by atoms with van der Waals surface area (Å²) in [7, 11) is -2.98. The van der Waals surface area contributed by atoms with Crippen LogP contribution < -0.4 is 30.5 Å². The fraction of sp³-hybridized carbons (Fsp3) is 0. The van der Waals surface area contributed by atoms with Crippen molar-refractivity contribution in [2.75, 3.05) is 9.80 Å². The minimum atomic E-state index is -2.98. The number of furan rings is 1. The highest BCUT2D eigenvalue weighted by atomic mass is 28.3. The number of hydrogen-bond acceptors (Lipinski definition) is 3. The van der Waals surface area contributed by atoms with Crippen molar-refractivity contribution in [2.45, 2.75) is 0 Å². The van der Waals surface area contributed by atoms with Crippen molar-refractivity contribution >= 4 is 95.7 Å². The van der Waals surface area contributed by atoms with Crippen LogP contribution in [0.2, 0.25) is 0 Å². The summed E-state index contributed by atoms with van der Waals surface area (Å²) in [5.41, 5.74) is 10.7. The first-order valence-corrected chi connectivity index (χ1v) is 23.3. The highest BCUT2D eigenvalue weighted by Crippen LogP contribution is 2.45. The predicted octanol–water partition coefficient (Wildman–Crippen LogP) is 13.0. The molecular weight excluding hydrogens is 769 g/mol. The Balaban J connectivity index is 1.15. The van der Waals surface area contributed by atoms with E-state index in [-0.39, 0.29) is 0 Å². The molecule has 0 unspecified atom stereocenters. The third-order valence-electron chi connectivity index (χ3n) is 12.7. The van der Waals surface area contributed by atoms with Gasteiger partial charge >= 0.3 is 0 Å². The first kappa shape index (κ1) is 36.0. The molecule has 0 N–H and O–H groups in total. The standard InChI is InChI=1S/C58H40N2OSi/c1-4-20-43(21-5-1)60-52-30-13-15-33-56(52)62(46-22-6-2-7-23-46,47-24-8-3-9-25-47)57-40-45(38-39-53(57)60)59(54-31-17-29-51-50-27-12-14-32-55(50)61-58(51)54)44-36-34-42(35-37-44)49-28-16-19-41-18-10-11-26-48(41)49/h1-40H. The quantitative estimate of drug-likeness (QED) is 0.150. The molecule has 12 rings (SSSR count). The van der Waals surface area contributed by atoms with Crippen molar-refractivity contribution in [1.29, 1.82) is 0 Å². The first-order valence-electron chi connectivity index (χ1n) is 21.3. The molecule has 0 aliphatic carbocycles. The average molecular weight is 809 g/mol. The molecule has 0 bridgehead atoms. The summed E-state index contributed by atoms with van der Waals surface area (Å²) >= 11 is 0. The van der Waals surface area contributed by atoms with Gasteiger partial charge in [-0.25, -0.2) is 0 Å². The van der Waals surface area contributed by atoms with Gasteiger partial charge in [-0.15, -0.1) is 0 Å². The molecule has 0 saturated carbocycles. The lowest BCUT2D eigenvalue weighted by molar-refractivity contribution is 0.669. The van der Waals surface area contributed by atoms with E-state index in [1.807, 2.05) is 6.07 Å². The van der Waals surface area contributed by atoms with Gasteiger partial charge in [0.15, 0.2) is 13.7 Å². The zero-order valence-electron chi connectivity index (χ0n) is 33.9. The SMILES string of the molecule is c1ccc(N2c3ccccc3[Si](c3ccccc3)(c3ccccc3)c3cc(N(c4ccc(-c5cccc6ccccc56)cc4)c4cccc5c4oc4ccccc45)ccc32)cc1. The van der Waals surface area contributed by atoms with Gasteiger partial charge in [0, 0.05) is 39.2 Å². The molecule has 0 radical (unpaired) electrons. The highest BCUT2D eigenvalue weighted by Gasteiger charge is 2.49. The van der Waals surface area contributed by atoms with Crippen LogP contribution in [-0.4, -0.2) is 8.07 Å². The van der Waals surface area contributed by atoms with E-state index in [2.05, 4.69) is 246 Å². The molecule has 3 nitrogen and oxygen atoms in total. The minimum Gasteiger partial charge on any atom is -0.454 e. The lowest BCUT2D eigenvalue weighted by Crippen LogP contribution is -2.77. The Labute approximate surface area is 362 Å². The first-order chi connectivity index (χ1) is 30.8. The highest BCUT2D eigenvalue weighted by molar-refractivity contribution is 7.21. The van der Waals surface area contributed by atoms with Crippen molar-refractivity contribution in [3.8, 4) is 11.1 Å². The molecule has 2 heterocycles. The maximum atomic E-state index is 6.82. The molecule has 0 amide bonds. The number of anilines is 6. The second-order valence-corrected chi connectivity index (χ2v) is 19.8. The van der Waals surface area contributed by atoms with Gasteiger partial charge in [-0.1, -0.05) is 182 Å². The van der Waals surface area contributed by atoms with E-state index in [0.717, 1.165) is 44.7 Å². The lowest BCUT2D eigenvalue weighted by atomic mass is 9.98. The molecule has 0 saturated heterocycles. The van der Waals surface area contributed by atoms with E-state index in [1.165, 1.54) is 54.0 Å². The van der Waals surface area contributed by atoms with Crippen molar-refractivity contribution in [3.63, 3.8) is 0 Å². The Morgan fingerprint density at radius 3 is 1.76 bits per heavy atom. The summed E-state index contributed by atoms with van der Waals surface area (Å²) in [6, 6.07) is 88.7. The van der Waals surface area contributed by atoms with Gasteiger partial charge in [-0.2, -0.15) is 0 Å². The number of hydrogen-bond donors (Lipinski definition) is 0. The van der Waals surface area contributed by atoms with Crippen LogP contribution in [0.25, 0.3) is 43.8 Å². The number of para-hydroxylation sites is 4. The van der Waals surface area contributed by atoms with E-state index in [9.17, 15) is 0 Å². The molecule has 0 atom stereocenters. The summed E-state index contributed by atoms with van der Waals surface area (Å²) in [6.07, 6.45) is 0. The van der Waals surface area contributed by atoms with Crippen LogP contribution in [0.3, 0.4) is 0 Å². The van der Waals surface area contributed by atoms with Gasteiger partial charge in [-0.3, -0.25) is 0 Å². The Morgan fingerprint density at radius 2 is 0.984 bits per heavy atom. The Hall–Kier alpha value is -7.92. The second-order valence-electron chi connectivity index (χ2n) is 16.0. The Bertz CT molecular complexity index is 3370. The van der Waals surface area contributed by atoms with E-state index < -0.39 is 8.07 Å². The average Bonchev–Trinajstić information content (AvgIpc) is 3.74. The summed E-state index contributed by atoms with van der Waals surface area (Å²) in [6.45, 7) is 0. The zero-order chi connectivity index (χ0) is 41.0. The largest absolute Gasteiger partial charge is 0.454 e. The second kappa shape index (κ2) is 14.7. The Morgan fingerprint density at radius 1 is 0.403 bits per heavy atom. The summed E-state index contributed by atoms with van der Waals surface area (Å²) < 4.78 is 6.82. The van der Waals surface area contributed by atoms with Crippen molar-refractivity contribution in [2.24, 2.45) is 0 Å². The van der Waals surface area contributed by atoms with Crippen LogP contribution >= 0.6 is 0 Å². The van der Waals surface area contributed by atoms with Crippen LogP contribution in [0.4, 0.5) is 34.1 Å². The summed E-state index contributed by atoms with van der Waals surface area (Å²) in [4.78, 5) is 4.87. The van der Waals surface area contributed by atoms with Gasteiger partial charge in [-0.05, 0) is 103 Å². The van der Waals surface area contributed by atoms with Crippen LogP contribution in [-0.2, 0) is 0 Å². The maximum absolute atomic E-state index is 6.82. The number of rotatable bonds is 7. The van der Waals surface area contributed by atoms with Gasteiger partial charge in [0.25, 0.3) is 0 Å². The molecule has 0 fully saturated rings. The molecule has 292 valence electrons. The predicted molar refractivity (Wildman–Crippen MR) is 263 cm³/mol. The van der Waals surface area contributed by atoms with E-state index in [1.54, 1.807) is 0 Å². The molecule has 4 heteroatoms. The van der Waals surface area contributed by atoms with Gasteiger partial charge in [0.05, 0.1) is 5.69 Å². The third-order valence-corrected chi connectivity index (χ3v) is 17.5. The molecule has 11 aromatic rings. The molecule has 1 aliphatic rings. The number of benzene rings is 10. The van der Waals surface area contributed by atoms with Crippen LogP contribution in [0.15, 0.2) is 247 Å². The van der Waals surface area contributed by atoms with Crippen molar-refractivity contribution < 1.29 is 4.42 Å². The third kappa shape index (κ3) is 5.58. The molecule has 1 aromatic heterocycles. The van der Waals surface area contributed by atoms with E-state index >= 15 is 0 Å². The fourth-order valence-corrected chi connectivity index (χ4v) is 15.2. The minimum absolute atomic E-state index is 0.857. The monoisotopic (exact) mass is 808 g/mol. The maximum Gasteiger partial charge on any atom is 0.184 e. The lowest BCUT2D eigenvalue weighted by Gasteiger charge is -2.45. The van der Waals surface area contributed by atoms with Crippen LogP contribution in [0, 0.1) is 0 Å². The number of fused-ring (bicyclic) bond motifs is 6. The Kier molecular flexibility index (Phi) is 8.51. The topological polar surface area (TPSA) is 19.6 Å². The van der Waals surface area contributed by atoms with Gasteiger partial charge < -0.3 is 14.2 Å². The zero-order valence-corrected chi connectivity index (χ0v) is 34.9. The van der Waals surface area contributed by atoms with Crippen molar-refractivity contribution in [1.82, 2.24) is 0 Å². The van der Waals surface area contributed by atoms with Gasteiger partial charge in [0.2, 0.25) is 0 Å². The smallest absolute Gasteiger partial charge is 0.184 e. The molecule has 1 aliphatic heterocycles. The van der Waals surface area contributed by atoms with Crippen LogP contribution in [0.1, 0.15) is 0 Å².